The summed E-state index contributed by atoms with van der Waals surface area (Å²) in [5, 5.41) is 11.0. The summed E-state index contributed by atoms with van der Waals surface area (Å²) in [5.74, 6) is -4.28. The first-order valence-corrected chi connectivity index (χ1v) is 5.32. The molecule has 0 aromatic heterocycles. The Balaban J connectivity index is 2.73. The smallest absolute Gasteiger partial charge is 0.403 e. The first-order chi connectivity index (χ1) is 8.21. The molecule has 0 heterocycles. The Morgan fingerprint density at radius 2 is 1.94 bits per heavy atom. The lowest BCUT2D eigenvalue weighted by atomic mass is 10.1. The zero-order chi connectivity index (χ0) is 13.9. The van der Waals surface area contributed by atoms with Crippen LogP contribution in [0.25, 0.3) is 0 Å². The molecule has 0 aliphatic rings. The van der Waals surface area contributed by atoms with E-state index >= 15 is 0 Å². The van der Waals surface area contributed by atoms with Gasteiger partial charge in [-0.05, 0) is 37.1 Å². The predicted molar refractivity (Wildman–Crippen MR) is 61.6 cm³/mol. The summed E-state index contributed by atoms with van der Waals surface area (Å²) in [4.78, 5) is 10.5. The Morgan fingerprint density at radius 3 is 2.39 bits per heavy atom. The lowest BCUT2D eigenvalue weighted by molar-refractivity contribution is -0.190. The fourth-order valence-electron chi connectivity index (χ4n) is 1.41. The van der Waals surface area contributed by atoms with Crippen LogP contribution >= 0.6 is 0 Å². The minimum Gasteiger partial charge on any atom is -0.481 e. The van der Waals surface area contributed by atoms with E-state index in [9.17, 15) is 18.0 Å². The zero-order valence-corrected chi connectivity index (χ0v) is 10.0. The van der Waals surface area contributed by atoms with Gasteiger partial charge in [0.05, 0.1) is 0 Å². The van der Waals surface area contributed by atoms with Gasteiger partial charge in [0.25, 0.3) is 0 Å². The number of hydrogen-bond donors (Lipinski definition) is 2. The van der Waals surface area contributed by atoms with Crippen molar-refractivity contribution in [3.05, 3.63) is 29.3 Å². The lowest BCUT2D eigenvalue weighted by Gasteiger charge is -2.17. The molecule has 0 bridgehead atoms. The van der Waals surface area contributed by atoms with Gasteiger partial charge in [0.2, 0.25) is 0 Å². The van der Waals surface area contributed by atoms with Crippen molar-refractivity contribution in [1.82, 2.24) is 0 Å². The molecule has 0 aliphatic carbocycles. The third kappa shape index (κ3) is 3.65. The number of halogens is 3. The molecule has 0 saturated carbocycles. The predicted octanol–water partition coefficient (Wildman–Crippen LogP) is 2.98. The van der Waals surface area contributed by atoms with Crippen molar-refractivity contribution < 1.29 is 23.1 Å². The number of anilines is 1. The van der Waals surface area contributed by atoms with Gasteiger partial charge in [-0.2, -0.15) is 13.2 Å². The second-order valence-corrected chi connectivity index (χ2v) is 4.11. The van der Waals surface area contributed by atoms with E-state index in [0.29, 0.717) is 5.69 Å². The summed E-state index contributed by atoms with van der Waals surface area (Å²) in [5.41, 5.74) is 2.43. The van der Waals surface area contributed by atoms with Crippen molar-refractivity contribution in [3.63, 3.8) is 0 Å². The summed E-state index contributed by atoms with van der Waals surface area (Å²) in [6.07, 6.45) is -4.75. The summed E-state index contributed by atoms with van der Waals surface area (Å²) in [6, 6.07) is 5.07. The van der Waals surface area contributed by atoms with E-state index in [1.54, 1.807) is 18.2 Å². The molecule has 0 fully saturated rings. The maximum absolute atomic E-state index is 12.4. The van der Waals surface area contributed by atoms with E-state index in [1.807, 2.05) is 13.8 Å². The van der Waals surface area contributed by atoms with E-state index in [4.69, 9.17) is 5.11 Å². The quantitative estimate of drug-likeness (QED) is 0.876. The largest absolute Gasteiger partial charge is 0.481 e. The molecule has 1 atom stereocenters. The first-order valence-electron chi connectivity index (χ1n) is 5.32. The second kappa shape index (κ2) is 5.29. The van der Waals surface area contributed by atoms with E-state index in [-0.39, 0.29) is 0 Å². The number of rotatable bonds is 4. The summed E-state index contributed by atoms with van der Waals surface area (Å²) < 4.78 is 37.2. The molecule has 1 rings (SSSR count). The van der Waals surface area contributed by atoms with E-state index in [1.165, 1.54) is 0 Å². The van der Waals surface area contributed by atoms with E-state index in [0.717, 1.165) is 11.1 Å². The summed E-state index contributed by atoms with van der Waals surface area (Å²) in [7, 11) is 0. The van der Waals surface area contributed by atoms with Crippen molar-refractivity contribution in [2.24, 2.45) is 5.92 Å². The fourth-order valence-corrected chi connectivity index (χ4v) is 1.41. The number of carboxylic acid groups (broad SMARTS) is 1. The van der Waals surface area contributed by atoms with Gasteiger partial charge >= 0.3 is 12.1 Å². The van der Waals surface area contributed by atoms with Gasteiger partial charge in [-0.15, -0.1) is 0 Å². The molecule has 1 aromatic rings. The van der Waals surface area contributed by atoms with Crippen molar-refractivity contribution in [1.29, 1.82) is 0 Å². The molecule has 100 valence electrons. The lowest BCUT2D eigenvalue weighted by Crippen LogP contribution is -2.36. The van der Waals surface area contributed by atoms with Gasteiger partial charge in [-0.1, -0.05) is 6.07 Å². The van der Waals surface area contributed by atoms with Gasteiger partial charge in [-0.3, -0.25) is 4.79 Å². The highest BCUT2D eigenvalue weighted by Crippen LogP contribution is 2.27. The number of aliphatic carboxylic acids is 1. The highest BCUT2D eigenvalue weighted by Gasteiger charge is 2.44. The molecule has 3 nitrogen and oxygen atoms in total. The van der Waals surface area contributed by atoms with Crippen LogP contribution in [0.15, 0.2) is 18.2 Å². The molecule has 18 heavy (non-hydrogen) atoms. The van der Waals surface area contributed by atoms with Gasteiger partial charge < -0.3 is 10.4 Å². The van der Waals surface area contributed by atoms with Gasteiger partial charge in [-0.25, -0.2) is 0 Å². The molecule has 0 radical (unpaired) electrons. The Labute approximate surface area is 103 Å². The fraction of sp³-hybridized carbons (Fsp3) is 0.417. The van der Waals surface area contributed by atoms with Crippen molar-refractivity contribution in [2.45, 2.75) is 20.0 Å². The third-order valence-corrected chi connectivity index (χ3v) is 2.71. The topological polar surface area (TPSA) is 49.3 Å². The Hall–Kier alpha value is -1.72. The van der Waals surface area contributed by atoms with E-state index in [2.05, 4.69) is 5.32 Å². The van der Waals surface area contributed by atoms with Crippen LogP contribution in [0.1, 0.15) is 11.1 Å². The second-order valence-electron chi connectivity index (χ2n) is 4.11. The number of carbonyl (C=O) groups is 1. The molecule has 1 unspecified atom stereocenters. The average molecular weight is 261 g/mol. The Kier molecular flexibility index (Phi) is 4.21. The zero-order valence-electron chi connectivity index (χ0n) is 10.0. The number of benzene rings is 1. The number of hydrogen-bond acceptors (Lipinski definition) is 2. The molecular weight excluding hydrogens is 247 g/mol. The maximum Gasteiger partial charge on any atom is 0.403 e. The Morgan fingerprint density at radius 1 is 1.33 bits per heavy atom. The van der Waals surface area contributed by atoms with Crippen LogP contribution in [0.2, 0.25) is 0 Å². The van der Waals surface area contributed by atoms with Crippen LogP contribution in [-0.2, 0) is 4.79 Å². The Bertz CT molecular complexity index is 443. The van der Waals surface area contributed by atoms with Crippen LogP contribution in [0, 0.1) is 19.8 Å². The van der Waals surface area contributed by atoms with Gasteiger partial charge in [0.15, 0.2) is 5.92 Å². The SMILES string of the molecule is Cc1ccc(NCC(C(=O)O)C(F)(F)F)cc1C. The molecule has 0 amide bonds. The van der Waals surface area contributed by atoms with Crippen molar-refractivity contribution in [3.8, 4) is 0 Å². The highest BCUT2D eigenvalue weighted by molar-refractivity contribution is 5.71. The van der Waals surface area contributed by atoms with E-state index < -0.39 is 24.6 Å². The number of aryl methyl sites for hydroxylation is 2. The standard InChI is InChI=1S/C12H14F3NO2/c1-7-3-4-9(5-8(7)2)16-6-10(11(17)18)12(13,14)15/h3-5,10,16H,6H2,1-2H3,(H,17,18). The molecule has 0 aliphatic heterocycles. The summed E-state index contributed by atoms with van der Waals surface area (Å²) in [6.45, 7) is 3.04. The van der Waals surface area contributed by atoms with Gasteiger partial charge in [0.1, 0.15) is 0 Å². The highest BCUT2D eigenvalue weighted by atomic mass is 19.4. The molecule has 2 N–H and O–H groups in total. The average Bonchev–Trinajstić information content (AvgIpc) is 2.21. The molecule has 0 saturated heterocycles. The molecule has 1 aromatic carbocycles. The minimum absolute atomic E-state index is 0.480. The molecule has 0 spiro atoms. The number of alkyl halides is 3. The number of nitrogens with one attached hydrogen (secondary N) is 1. The van der Waals surface area contributed by atoms with Crippen molar-refractivity contribution >= 4 is 11.7 Å². The van der Waals surface area contributed by atoms with Gasteiger partial charge in [0, 0.05) is 12.2 Å². The monoisotopic (exact) mass is 261 g/mol. The minimum atomic E-state index is -4.75. The third-order valence-electron chi connectivity index (χ3n) is 2.71. The van der Waals surface area contributed by atoms with Crippen LogP contribution < -0.4 is 5.32 Å². The molecule has 6 heteroatoms. The maximum atomic E-state index is 12.4. The summed E-state index contributed by atoms with van der Waals surface area (Å²) >= 11 is 0. The molecular formula is C12H14F3NO2. The first kappa shape index (κ1) is 14.3. The van der Waals surface area contributed by atoms with Crippen LogP contribution in [0.4, 0.5) is 18.9 Å². The van der Waals surface area contributed by atoms with Crippen molar-refractivity contribution in [2.75, 3.05) is 11.9 Å². The van der Waals surface area contributed by atoms with Crippen LogP contribution in [0.3, 0.4) is 0 Å². The number of carboxylic acids is 1. The van der Waals surface area contributed by atoms with Crippen LogP contribution in [-0.4, -0.2) is 23.8 Å². The van der Waals surface area contributed by atoms with Crippen LogP contribution in [0.5, 0.6) is 0 Å². The normalized spacial score (nSPS) is 13.2.